The largest absolute Gasteiger partial charge is 0.460 e. The lowest BCUT2D eigenvalue weighted by atomic mass is 10.1. The van der Waals surface area contributed by atoms with Gasteiger partial charge in [-0.2, -0.15) is 0 Å². The van der Waals surface area contributed by atoms with Crippen molar-refractivity contribution in [1.29, 1.82) is 0 Å². The number of nitrogens with zero attached hydrogens (tertiary/aromatic N) is 1. The third-order valence-electron chi connectivity index (χ3n) is 2.55. The molecule has 2 saturated heterocycles. The van der Waals surface area contributed by atoms with E-state index < -0.39 is 0 Å². The maximum atomic E-state index is 11.1. The number of hydrogen-bond acceptors (Lipinski definition) is 3. The van der Waals surface area contributed by atoms with E-state index in [0.29, 0.717) is 6.42 Å². The number of esters is 1. The van der Waals surface area contributed by atoms with Crippen LogP contribution in [-0.2, 0) is 14.3 Å². The predicted octanol–water partition coefficient (Wildman–Crippen LogP) is -0.0773. The highest BCUT2D eigenvalue weighted by Gasteiger charge is 2.44. The fourth-order valence-electron chi connectivity index (χ4n) is 1.98. The van der Waals surface area contributed by atoms with E-state index in [-0.39, 0.29) is 24.0 Å². The van der Waals surface area contributed by atoms with Crippen molar-refractivity contribution in [2.75, 3.05) is 6.54 Å². The Morgan fingerprint density at radius 1 is 1.67 bits per heavy atom. The molecule has 2 heterocycles. The van der Waals surface area contributed by atoms with Gasteiger partial charge in [-0.15, -0.1) is 0 Å². The highest BCUT2D eigenvalue weighted by atomic mass is 16.6. The summed E-state index contributed by atoms with van der Waals surface area (Å²) in [5, 5.41) is 0. The first-order chi connectivity index (χ1) is 5.68. The second-order valence-corrected chi connectivity index (χ2v) is 3.30. The average Bonchev–Trinajstić information content (AvgIpc) is 2.43. The van der Waals surface area contributed by atoms with Crippen LogP contribution in [-0.4, -0.2) is 35.5 Å². The van der Waals surface area contributed by atoms with E-state index in [2.05, 4.69) is 0 Å². The molecule has 0 bridgehead atoms. The minimum atomic E-state index is -0.170. The quantitative estimate of drug-likeness (QED) is 0.476. The number of carbonyl (C=O) groups is 2. The normalized spacial score (nSPS) is 33.4. The zero-order valence-corrected chi connectivity index (χ0v) is 6.95. The highest BCUT2D eigenvalue weighted by Crippen LogP contribution is 2.29. The van der Waals surface area contributed by atoms with E-state index in [9.17, 15) is 9.59 Å². The Hall–Kier alpha value is -1.06. The van der Waals surface area contributed by atoms with Crippen molar-refractivity contribution in [2.45, 2.75) is 31.9 Å². The van der Waals surface area contributed by atoms with Crippen LogP contribution < -0.4 is 0 Å². The topological polar surface area (TPSA) is 46.6 Å². The number of likely N-dealkylation sites (tertiary alicyclic amines) is 1. The first-order valence-corrected chi connectivity index (χ1v) is 4.15. The molecule has 0 aromatic heterocycles. The van der Waals surface area contributed by atoms with Crippen LogP contribution in [0.15, 0.2) is 0 Å². The van der Waals surface area contributed by atoms with Gasteiger partial charge in [0.1, 0.15) is 6.10 Å². The summed E-state index contributed by atoms with van der Waals surface area (Å²) >= 11 is 0. The highest BCUT2D eigenvalue weighted by molar-refractivity contribution is 5.78. The van der Waals surface area contributed by atoms with Gasteiger partial charge in [0.25, 0.3) is 0 Å². The monoisotopic (exact) mass is 169 g/mol. The molecule has 0 aromatic carbocycles. The van der Waals surface area contributed by atoms with Crippen molar-refractivity contribution in [1.82, 2.24) is 4.90 Å². The van der Waals surface area contributed by atoms with Crippen LogP contribution in [0, 0.1) is 0 Å². The SMILES string of the molecule is CC(=O)N1CC[C@H]2OC(=O)C[C@H]21. The molecule has 2 aliphatic rings. The van der Waals surface area contributed by atoms with Gasteiger partial charge >= 0.3 is 5.97 Å². The standard InChI is InChI=1S/C8H11NO3/c1-5(10)9-3-2-7-6(9)4-8(11)12-7/h6-7H,2-4H2,1H3/t6-,7-/m1/s1. The number of hydrogen-bond donors (Lipinski definition) is 0. The molecule has 66 valence electrons. The minimum absolute atomic E-state index is 0.0231. The molecular formula is C8H11NO3. The lowest BCUT2D eigenvalue weighted by molar-refractivity contribution is -0.141. The molecule has 0 unspecified atom stereocenters. The summed E-state index contributed by atoms with van der Waals surface area (Å²) in [6.45, 7) is 2.27. The van der Waals surface area contributed by atoms with Crippen LogP contribution >= 0.6 is 0 Å². The number of rotatable bonds is 0. The molecule has 1 amide bonds. The fourth-order valence-corrected chi connectivity index (χ4v) is 1.98. The van der Waals surface area contributed by atoms with E-state index in [0.717, 1.165) is 13.0 Å². The molecule has 2 rings (SSSR count). The van der Waals surface area contributed by atoms with Gasteiger partial charge in [-0.3, -0.25) is 9.59 Å². The van der Waals surface area contributed by atoms with Gasteiger partial charge in [0.15, 0.2) is 0 Å². The van der Waals surface area contributed by atoms with Gasteiger partial charge in [-0.05, 0) is 0 Å². The van der Waals surface area contributed by atoms with Crippen LogP contribution in [0.25, 0.3) is 0 Å². The minimum Gasteiger partial charge on any atom is -0.460 e. The number of fused-ring (bicyclic) bond motifs is 1. The van der Waals surface area contributed by atoms with E-state index in [1.807, 2.05) is 0 Å². The lowest BCUT2D eigenvalue weighted by Gasteiger charge is -2.19. The van der Waals surface area contributed by atoms with E-state index >= 15 is 0 Å². The molecule has 2 fully saturated rings. The molecule has 0 aliphatic carbocycles. The summed E-state index contributed by atoms with van der Waals surface area (Å²) in [6.07, 6.45) is 1.15. The smallest absolute Gasteiger partial charge is 0.308 e. The molecule has 0 saturated carbocycles. The predicted molar refractivity (Wildman–Crippen MR) is 40.3 cm³/mol. The molecule has 4 nitrogen and oxygen atoms in total. The zero-order valence-electron chi connectivity index (χ0n) is 6.95. The second kappa shape index (κ2) is 2.47. The summed E-state index contributed by atoms with van der Waals surface area (Å²) in [5.41, 5.74) is 0. The van der Waals surface area contributed by atoms with E-state index in [1.165, 1.54) is 6.92 Å². The summed E-state index contributed by atoms with van der Waals surface area (Å²) in [4.78, 5) is 23.7. The van der Waals surface area contributed by atoms with Gasteiger partial charge in [0, 0.05) is 19.9 Å². The van der Waals surface area contributed by atoms with Crippen molar-refractivity contribution in [2.24, 2.45) is 0 Å². The summed E-state index contributed by atoms with van der Waals surface area (Å²) < 4.78 is 5.03. The molecule has 12 heavy (non-hydrogen) atoms. The maximum Gasteiger partial charge on any atom is 0.308 e. The van der Waals surface area contributed by atoms with E-state index in [4.69, 9.17) is 4.74 Å². The lowest BCUT2D eigenvalue weighted by Crippen LogP contribution is -2.35. The van der Waals surface area contributed by atoms with E-state index in [1.54, 1.807) is 4.90 Å². The van der Waals surface area contributed by atoms with Crippen molar-refractivity contribution in [3.05, 3.63) is 0 Å². The van der Waals surface area contributed by atoms with Crippen LogP contribution in [0.1, 0.15) is 19.8 Å². The van der Waals surface area contributed by atoms with Crippen molar-refractivity contribution < 1.29 is 14.3 Å². The van der Waals surface area contributed by atoms with Crippen molar-refractivity contribution >= 4 is 11.9 Å². The van der Waals surface area contributed by atoms with Crippen LogP contribution in [0.4, 0.5) is 0 Å². The fraction of sp³-hybridized carbons (Fsp3) is 0.750. The average molecular weight is 169 g/mol. The molecule has 0 aromatic rings. The molecule has 0 radical (unpaired) electrons. The Labute approximate surface area is 70.5 Å². The molecule has 2 atom stereocenters. The van der Waals surface area contributed by atoms with Gasteiger partial charge in [-0.25, -0.2) is 0 Å². The second-order valence-electron chi connectivity index (χ2n) is 3.30. The molecular weight excluding hydrogens is 158 g/mol. The summed E-state index contributed by atoms with van der Waals surface area (Å²) in [6, 6.07) is 0.0231. The number of ether oxygens (including phenoxy) is 1. The number of carbonyl (C=O) groups excluding carboxylic acids is 2. The third kappa shape index (κ3) is 0.983. The Balaban J connectivity index is 2.13. The zero-order chi connectivity index (χ0) is 8.72. The van der Waals surface area contributed by atoms with Crippen molar-refractivity contribution in [3.63, 3.8) is 0 Å². The molecule has 4 heteroatoms. The van der Waals surface area contributed by atoms with Gasteiger partial charge in [0.2, 0.25) is 5.91 Å². The van der Waals surface area contributed by atoms with Crippen LogP contribution in [0.5, 0.6) is 0 Å². The van der Waals surface area contributed by atoms with Gasteiger partial charge < -0.3 is 9.64 Å². The molecule has 2 aliphatic heterocycles. The van der Waals surface area contributed by atoms with Crippen LogP contribution in [0.3, 0.4) is 0 Å². The Morgan fingerprint density at radius 3 is 3.08 bits per heavy atom. The maximum absolute atomic E-state index is 11.1. The van der Waals surface area contributed by atoms with Crippen molar-refractivity contribution in [3.8, 4) is 0 Å². The summed E-state index contributed by atoms with van der Waals surface area (Å²) in [7, 11) is 0. The summed E-state index contributed by atoms with van der Waals surface area (Å²) in [5.74, 6) is -0.128. The molecule has 0 spiro atoms. The Bertz CT molecular complexity index is 238. The van der Waals surface area contributed by atoms with Gasteiger partial charge in [-0.1, -0.05) is 0 Å². The Kier molecular flexibility index (Phi) is 1.56. The van der Waals surface area contributed by atoms with Gasteiger partial charge in [0.05, 0.1) is 12.5 Å². The number of amides is 1. The first-order valence-electron chi connectivity index (χ1n) is 4.15. The Morgan fingerprint density at radius 2 is 2.42 bits per heavy atom. The molecule has 0 N–H and O–H groups in total. The third-order valence-corrected chi connectivity index (χ3v) is 2.55. The first kappa shape index (κ1) is 7.58. The van der Waals surface area contributed by atoms with Crippen LogP contribution in [0.2, 0.25) is 0 Å².